The first kappa shape index (κ1) is 13.9. The van der Waals surface area contributed by atoms with Crippen LogP contribution in [0.5, 0.6) is 0 Å². The van der Waals surface area contributed by atoms with Gasteiger partial charge in [0.15, 0.2) is 0 Å². The third-order valence-electron chi connectivity index (χ3n) is 4.10. The first-order valence-corrected chi connectivity index (χ1v) is 7.61. The van der Waals surface area contributed by atoms with Crippen LogP contribution in [0.15, 0.2) is 66.7 Å². The van der Waals surface area contributed by atoms with Gasteiger partial charge in [-0.1, -0.05) is 87.5 Å². The molecule has 0 atom stereocenters. The van der Waals surface area contributed by atoms with E-state index in [1.807, 2.05) is 0 Å². The fourth-order valence-corrected chi connectivity index (χ4v) is 2.74. The van der Waals surface area contributed by atoms with Crippen LogP contribution in [-0.2, 0) is 5.41 Å². The van der Waals surface area contributed by atoms with Crippen molar-refractivity contribution in [3.05, 3.63) is 83.4 Å². The predicted octanol–water partition coefficient (Wildman–Crippen LogP) is 5.85. The maximum atomic E-state index is 2.32. The van der Waals surface area contributed by atoms with Gasteiger partial charge in [-0.05, 0) is 39.7 Å². The second-order valence-electron chi connectivity index (χ2n) is 6.73. The second kappa shape index (κ2) is 5.37. The molecule has 0 amide bonds. The Labute approximate surface area is 127 Å². The summed E-state index contributed by atoms with van der Waals surface area (Å²) in [6.45, 7) is 6.77. The molecule has 0 unspecified atom stereocenters. The molecule has 0 aromatic heterocycles. The number of allylic oxidation sites excluding steroid dienone is 4. The Balaban J connectivity index is 1.84. The van der Waals surface area contributed by atoms with Gasteiger partial charge in [0.25, 0.3) is 0 Å². The summed E-state index contributed by atoms with van der Waals surface area (Å²) in [4.78, 5) is 0. The zero-order valence-corrected chi connectivity index (χ0v) is 13.1. The number of hydrogen-bond donors (Lipinski definition) is 0. The minimum absolute atomic E-state index is 0.218. The molecule has 3 rings (SSSR count). The first-order chi connectivity index (χ1) is 10.0. The summed E-state index contributed by atoms with van der Waals surface area (Å²) < 4.78 is 0. The molecular weight excluding hydrogens is 252 g/mol. The van der Waals surface area contributed by atoms with E-state index >= 15 is 0 Å². The zero-order chi connectivity index (χ0) is 14.9. The highest BCUT2D eigenvalue weighted by Gasteiger charge is 2.14. The summed E-state index contributed by atoms with van der Waals surface area (Å²) in [6, 6.07) is 19.6. The fraction of sp³-hybridized carbons (Fsp3) is 0.238. The molecule has 0 heteroatoms. The van der Waals surface area contributed by atoms with E-state index in [0.717, 1.165) is 6.42 Å². The van der Waals surface area contributed by atoms with E-state index in [1.54, 1.807) is 0 Å². The Morgan fingerprint density at radius 1 is 0.762 bits per heavy atom. The normalized spacial score (nSPS) is 14.8. The standard InChI is InChI=1S/C21H22/c1-21(2,3)20-13-11-17(12-14-20)19-10-9-18(15-19)16-7-5-4-6-8-16/h4-9,11-15H,10H2,1-3H3. The van der Waals surface area contributed by atoms with Gasteiger partial charge in [-0.25, -0.2) is 0 Å². The van der Waals surface area contributed by atoms with Crippen LogP contribution in [0.25, 0.3) is 11.1 Å². The topological polar surface area (TPSA) is 0 Å². The van der Waals surface area contributed by atoms with Crippen molar-refractivity contribution in [2.45, 2.75) is 32.6 Å². The maximum absolute atomic E-state index is 2.32. The number of benzene rings is 2. The van der Waals surface area contributed by atoms with Crippen molar-refractivity contribution in [2.24, 2.45) is 0 Å². The smallest absolute Gasteiger partial charge is 0.00821 e. The summed E-state index contributed by atoms with van der Waals surface area (Å²) in [6.07, 6.45) is 5.67. The van der Waals surface area contributed by atoms with Crippen molar-refractivity contribution in [3.63, 3.8) is 0 Å². The van der Waals surface area contributed by atoms with Gasteiger partial charge in [-0.15, -0.1) is 0 Å². The van der Waals surface area contributed by atoms with Gasteiger partial charge in [-0.3, -0.25) is 0 Å². The first-order valence-electron chi connectivity index (χ1n) is 7.61. The fourth-order valence-electron chi connectivity index (χ4n) is 2.74. The molecule has 1 aliphatic carbocycles. The molecule has 0 saturated carbocycles. The van der Waals surface area contributed by atoms with E-state index in [4.69, 9.17) is 0 Å². The van der Waals surface area contributed by atoms with E-state index in [1.165, 1.54) is 27.8 Å². The molecule has 2 aromatic carbocycles. The van der Waals surface area contributed by atoms with Crippen LogP contribution in [0, 0.1) is 0 Å². The molecule has 1 aliphatic rings. The summed E-state index contributed by atoms with van der Waals surface area (Å²) in [7, 11) is 0. The van der Waals surface area contributed by atoms with Crippen molar-refractivity contribution >= 4 is 11.1 Å². The molecule has 106 valence electrons. The highest BCUT2D eigenvalue weighted by atomic mass is 14.2. The van der Waals surface area contributed by atoms with Crippen molar-refractivity contribution in [3.8, 4) is 0 Å². The van der Waals surface area contributed by atoms with E-state index in [9.17, 15) is 0 Å². The van der Waals surface area contributed by atoms with Gasteiger partial charge in [0.2, 0.25) is 0 Å². The SMILES string of the molecule is CC(C)(C)c1ccc(C2=CC(c3ccccc3)=CC2)cc1. The maximum Gasteiger partial charge on any atom is -0.00821 e. The van der Waals surface area contributed by atoms with Crippen molar-refractivity contribution < 1.29 is 0 Å². The van der Waals surface area contributed by atoms with Crippen LogP contribution in [-0.4, -0.2) is 0 Å². The third kappa shape index (κ3) is 3.00. The van der Waals surface area contributed by atoms with Gasteiger partial charge in [0.1, 0.15) is 0 Å². The Morgan fingerprint density at radius 2 is 1.43 bits per heavy atom. The summed E-state index contributed by atoms with van der Waals surface area (Å²) in [5.41, 5.74) is 7.00. The Kier molecular flexibility index (Phi) is 3.55. The average molecular weight is 274 g/mol. The molecule has 0 bridgehead atoms. The van der Waals surface area contributed by atoms with Gasteiger partial charge in [0, 0.05) is 0 Å². The third-order valence-corrected chi connectivity index (χ3v) is 4.10. The van der Waals surface area contributed by atoms with E-state index in [2.05, 4.69) is 87.5 Å². The van der Waals surface area contributed by atoms with Crippen LogP contribution in [0.2, 0.25) is 0 Å². The summed E-state index contributed by atoms with van der Waals surface area (Å²) in [5.74, 6) is 0. The van der Waals surface area contributed by atoms with E-state index in [0.29, 0.717) is 0 Å². The van der Waals surface area contributed by atoms with Gasteiger partial charge in [-0.2, -0.15) is 0 Å². The van der Waals surface area contributed by atoms with E-state index in [-0.39, 0.29) is 5.41 Å². The summed E-state index contributed by atoms with van der Waals surface area (Å²) in [5, 5.41) is 0. The second-order valence-corrected chi connectivity index (χ2v) is 6.73. The molecular formula is C21H22. The number of rotatable bonds is 2. The highest BCUT2D eigenvalue weighted by Crippen LogP contribution is 2.33. The largest absolute Gasteiger partial charge is 0.0722 e. The van der Waals surface area contributed by atoms with Crippen LogP contribution in [0.4, 0.5) is 0 Å². The molecule has 0 saturated heterocycles. The van der Waals surface area contributed by atoms with Crippen LogP contribution >= 0.6 is 0 Å². The quantitative estimate of drug-likeness (QED) is 0.644. The van der Waals surface area contributed by atoms with Crippen molar-refractivity contribution in [1.82, 2.24) is 0 Å². The zero-order valence-electron chi connectivity index (χ0n) is 13.1. The Bertz CT molecular complexity index is 677. The molecule has 0 aliphatic heterocycles. The van der Waals surface area contributed by atoms with Crippen molar-refractivity contribution in [2.75, 3.05) is 0 Å². The molecule has 0 spiro atoms. The van der Waals surface area contributed by atoms with E-state index < -0.39 is 0 Å². The molecule has 0 fully saturated rings. The Morgan fingerprint density at radius 3 is 2.05 bits per heavy atom. The van der Waals surface area contributed by atoms with Crippen molar-refractivity contribution in [1.29, 1.82) is 0 Å². The molecule has 21 heavy (non-hydrogen) atoms. The Hall–Kier alpha value is -2.08. The molecule has 2 aromatic rings. The average Bonchev–Trinajstić information content (AvgIpc) is 2.97. The van der Waals surface area contributed by atoms with Crippen LogP contribution < -0.4 is 0 Å². The van der Waals surface area contributed by atoms with Crippen LogP contribution in [0.1, 0.15) is 43.9 Å². The number of hydrogen-bond acceptors (Lipinski definition) is 0. The highest BCUT2D eigenvalue weighted by molar-refractivity contribution is 5.89. The molecule has 0 heterocycles. The lowest BCUT2D eigenvalue weighted by atomic mass is 9.86. The minimum atomic E-state index is 0.218. The lowest BCUT2D eigenvalue weighted by Crippen LogP contribution is -2.10. The molecule has 0 N–H and O–H groups in total. The van der Waals surface area contributed by atoms with Crippen LogP contribution in [0.3, 0.4) is 0 Å². The molecule has 0 nitrogen and oxygen atoms in total. The summed E-state index contributed by atoms with van der Waals surface area (Å²) >= 11 is 0. The van der Waals surface area contributed by atoms with Gasteiger partial charge in [0.05, 0.1) is 0 Å². The lowest BCUT2D eigenvalue weighted by molar-refractivity contribution is 0.590. The molecule has 0 radical (unpaired) electrons. The van der Waals surface area contributed by atoms with Gasteiger partial charge >= 0.3 is 0 Å². The van der Waals surface area contributed by atoms with Gasteiger partial charge < -0.3 is 0 Å². The minimum Gasteiger partial charge on any atom is -0.0722 e. The monoisotopic (exact) mass is 274 g/mol. The predicted molar refractivity (Wildman–Crippen MR) is 92.2 cm³/mol. The lowest BCUT2D eigenvalue weighted by Gasteiger charge is -2.19.